The van der Waals surface area contributed by atoms with E-state index in [4.69, 9.17) is 22.8 Å². The molecular weight excluding hydrogens is 532 g/mol. The van der Waals surface area contributed by atoms with E-state index >= 15 is 0 Å². The highest BCUT2D eigenvalue weighted by Crippen LogP contribution is 2.14. The van der Waals surface area contributed by atoms with Gasteiger partial charge in [0.1, 0.15) is 0 Å². The lowest BCUT2D eigenvalue weighted by molar-refractivity contribution is -0.126. The SMILES string of the molecule is CNC(=O)CN(CCOCCOCCN(CC(=O)NC)CC(=O)NCCC[Si](OC)(OC)OC)CC(=O)NC. The van der Waals surface area contributed by atoms with E-state index in [9.17, 15) is 19.2 Å². The Bertz CT molecular complexity index is 689. The highest BCUT2D eigenvalue weighted by atomic mass is 28.4. The third-order valence-electron chi connectivity index (χ3n) is 5.70. The molecule has 0 unspecified atom stereocenters. The van der Waals surface area contributed by atoms with Crippen LogP contribution in [0.4, 0.5) is 0 Å². The Morgan fingerprint density at radius 2 is 1.00 bits per heavy atom. The van der Waals surface area contributed by atoms with E-state index in [0.717, 1.165) is 0 Å². The first-order valence-corrected chi connectivity index (χ1v) is 14.8. The minimum atomic E-state index is -2.68. The zero-order valence-corrected chi connectivity index (χ0v) is 25.3. The molecule has 16 heteroatoms. The van der Waals surface area contributed by atoms with Crippen LogP contribution < -0.4 is 21.3 Å². The van der Waals surface area contributed by atoms with Crippen molar-refractivity contribution in [2.75, 3.05) is 115 Å². The molecule has 4 amide bonds. The van der Waals surface area contributed by atoms with Crippen LogP contribution in [0.25, 0.3) is 0 Å². The topological polar surface area (TPSA) is 169 Å². The number of nitrogens with one attached hydrogen (secondary N) is 4. The monoisotopic (exact) mass is 580 g/mol. The molecule has 0 aliphatic carbocycles. The molecule has 228 valence electrons. The first-order chi connectivity index (χ1) is 18.7. The molecule has 0 bridgehead atoms. The van der Waals surface area contributed by atoms with Crippen LogP contribution in [0.5, 0.6) is 0 Å². The predicted octanol–water partition coefficient (Wildman–Crippen LogP) is -2.75. The summed E-state index contributed by atoms with van der Waals surface area (Å²) >= 11 is 0. The van der Waals surface area contributed by atoms with Gasteiger partial charge in [0, 0.05) is 68.2 Å². The molecule has 39 heavy (non-hydrogen) atoms. The molecule has 0 aromatic carbocycles. The lowest BCUT2D eigenvalue weighted by Gasteiger charge is -2.24. The Hall–Kier alpha value is -2.18. The Balaban J connectivity index is 4.34. The average molecular weight is 581 g/mol. The van der Waals surface area contributed by atoms with Gasteiger partial charge in [0.25, 0.3) is 0 Å². The largest absolute Gasteiger partial charge is 0.500 e. The molecule has 0 saturated heterocycles. The first kappa shape index (κ1) is 36.8. The number of carbonyl (C=O) groups excluding carboxylic acids is 4. The van der Waals surface area contributed by atoms with Crippen LogP contribution >= 0.6 is 0 Å². The molecule has 0 spiro atoms. The van der Waals surface area contributed by atoms with Gasteiger partial charge in [-0.15, -0.1) is 0 Å². The summed E-state index contributed by atoms with van der Waals surface area (Å²) < 4.78 is 27.3. The van der Waals surface area contributed by atoms with E-state index in [2.05, 4.69) is 21.3 Å². The lowest BCUT2D eigenvalue weighted by Crippen LogP contribution is -2.45. The summed E-state index contributed by atoms with van der Waals surface area (Å²) in [4.78, 5) is 50.9. The van der Waals surface area contributed by atoms with Gasteiger partial charge in [-0.25, -0.2) is 0 Å². The smallest absolute Gasteiger partial charge is 0.378 e. The number of nitrogens with zero attached hydrogens (tertiary/aromatic N) is 2. The second kappa shape index (κ2) is 22.6. The van der Waals surface area contributed by atoms with Crippen LogP contribution in [-0.4, -0.2) is 157 Å². The number of rotatable bonds is 24. The minimum absolute atomic E-state index is 0.0429. The number of ether oxygens (including phenoxy) is 2. The zero-order valence-electron chi connectivity index (χ0n) is 24.3. The lowest BCUT2D eigenvalue weighted by atomic mass is 10.4. The molecule has 0 aromatic rings. The van der Waals surface area contributed by atoms with Crippen LogP contribution in [0.15, 0.2) is 0 Å². The van der Waals surface area contributed by atoms with Crippen molar-refractivity contribution in [1.29, 1.82) is 0 Å². The summed E-state index contributed by atoms with van der Waals surface area (Å²) in [6.07, 6.45) is 0.626. The normalized spacial score (nSPS) is 11.5. The van der Waals surface area contributed by atoms with Crippen LogP contribution in [0.1, 0.15) is 6.42 Å². The maximum absolute atomic E-state index is 12.4. The van der Waals surface area contributed by atoms with Crippen molar-refractivity contribution in [2.24, 2.45) is 0 Å². The van der Waals surface area contributed by atoms with E-state index in [1.165, 1.54) is 21.1 Å². The zero-order chi connectivity index (χ0) is 29.5. The molecule has 0 saturated carbocycles. The molecule has 0 aliphatic rings. The summed E-state index contributed by atoms with van der Waals surface area (Å²) in [7, 11) is 6.56. The third kappa shape index (κ3) is 17.9. The fourth-order valence-electron chi connectivity index (χ4n) is 3.33. The van der Waals surface area contributed by atoms with Crippen molar-refractivity contribution in [3.05, 3.63) is 0 Å². The number of hydrogen-bond acceptors (Lipinski definition) is 11. The number of likely N-dealkylation sites (N-methyl/N-ethyl adjacent to an activating group) is 3. The molecular formula is C23H48N6O9Si. The Morgan fingerprint density at radius 1 is 0.615 bits per heavy atom. The predicted molar refractivity (Wildman–Crippen MR) is 146 cm³/mol. The minimum Gasteiger partial charge on any atom is -0.378 e. The summed E-state index contributed by atoms with van der Waals surface area (Å²) in [5, 5.41) is 10.5. The van der Waals surface area contributed by atoms with Gasteiger partial charge in [-0.1, -0.05) is 0 Å². The fraction of sp³-hybridized carbons (Fsp3) is 0.826. The highest BCUT2D eigenvalue weighted by Gasteiger charge is 2.36. The maximum Gasteiger partial charge on any atom is 0.500 e. The van der Waals surface area contributed by atoms with Crippen LogP contribution in [0.2, 0.25) is 6.04 Å². The van der Waals surface area contributed by atoms with Crippen molar-refractivity contribution in [3.63, 3.8) is 0 Å². The third-order valence-corrected chi connectivity index (χ3v) is 8.53. The van der Waals surface area contributed by atoms with Crippen LogP contribution in [0, 0.1) is 0 Å². The van der Waals surface area contributed by atoms with Gasteiger partial charge < -0.3 is 44.0 Å². The molecule has 0 fully saturated rings. The highest BCUT2D eigenvalue weighted by molar-refractivity contribution is 6.60. The first-order valence-electron chi connectivity index (χ1n) is 12.8. The van der Waals surface area contributed by atoms with E-state index in [-0.39, 0.29) is 49.8 Å². The van der Waals surface area contributed by atoms with Crippen molar-refractivity contribution >= 4 is 32.4 Å². The van der Waals surface area contributed by atoms with Gasteiger partial charge >= 0.3 is 8.80 Å². The van der Waals surface area contributed by atoms with Crippen molar-refractivity contribution in [1.82, 2.24) is 31.1 Å². The maximum atomic E-state index is 12.4. The molecule has 15 nitrogen and oxygen atoms in total. The fourth-order valence-corrected chi connectivity index (χ4v) is 5.05. The molecule has 0 heterocycles. The molecule has 0 rings (SSSR count). The van der Waals surface area contributed by atoms with E-state index in [1.807, 2.05) is 0 Å². The van der Waals surface area contributed by atoms with E-state index in [1.54, 1.807) is 31.1 Å². The van der Waals surface area contributed by atoms with Gasteiger partial charge in [0.05, 0.1) is 52.6 Å². The quantitative estimate of drug-likeness (QED) is 0.0690. The van der Waals surface area contributed by atoms with Gasteiger partial charge in [-0.05, 0) is 6.42 Å². The number of amides is 4. The Kier molecular flexibility index (Phi) is 21.3. The van der Waals surface area contributed by atoms with Gasteiger partial charge in [0.2, 0.25) is 23.6 Å². The van der Waals surface area contributed by atoms with Gasteiger partial charge in [-0.3, -0.25) is 29.0 Å². The van der Waals surface area contributed by atoms with Crippen molar-refractivity contribution < 1.29 is 41.9 Å². The second-order valence-corrected chi connectivity index (χ2v) is 11.5. The summed E-state index contributed by atoms with van der Waals surface area (Å²) in [6, 6.07) is 0.564. The van der Waals surface area contributed by atoms with Crippen LogP contribution in [-0.2, 0) is 41.9 Å². The van der Waals surface area contributed by atoms with Crippen LogP contribution in [0.3, 0.4) is 0 Å². The van der Waals surface area contributed by atoms with E-state index in [0.29, 0.717) is 58.5 Å². The van der Waals surface area contributed by atoms with Crippen molar-refractivity contribution in [2.45, 2.75) is 12.5 Å². The molecule has 0 atom stereocenters. The Labute approximate surface area is 232 Å². The average Bonchev–Trinajstić information content (AvgIpc) is 2.94. The summed E-state index contributed by atoms with van der Waals surface area (Å²) in [6.45, 7) is 2.75. The van der Waals surface area contributed by atoms with E-state index < -0.39 is 8.80 Å². The molecule has 4 N–H and O–H groups in total. The summed E-state index contributed by atoms with van der Waals surface area (Å²) in [5.41, 5.74) is 0. The van der Waals surface area contributed by atoms with Crippen molar-refractivity contribution in [3.8, 4) is 0 Å². The number of carbonyl (C=O) groups is 4. The standard InChI is InChI=1S/C23H48N6O9Si/c1-24-20(30)16-28(17-21(31)25-2)9-11-37-13-14-38-12-10-29(18-22(32)26-3)19-23(33)27-8-7-15-39(34-4,35-5)36-6/h7-19H2,1-6H3,(H,24,30)(H,25,31)(H,26,32)(H,27,33). The second-order valence-electron chi connectivity index (χ2n) is 8.41. The number of hydrogen-bond donors (Lipinski definition) is 4. The Morgan fingerprint density at radius 3 is 1.36 bits per heavy atom. The van der Waals surface area contributed by atoms with Gasteiger partial charge in [0.15, 0.2) is 0 Å². The molecule has 0 aromatic heterocycles. The molecule has 0 radical (unpaired) electrons. The summed E-state index contributed by atoms with van der Waals surface area (Å²) in [5.74, 6) is -0.798. The molecule has 0 aliphatic heterocycles. The van der Waals surface area contributed by atoms with Gasteiger partial charge in [-0.2, -0.15) is 0 Å².